The number of nitrogens with zero attached hydrogens (tertiary/aromatic N) is 4. The molecule has 1 atom stereocenters. The Hall–Kier alpha value is -3.26. The van der Waals surface area contributed by atoms with Crippen molar-refractivity contribution in [2.75, 3.05) is 11.4 Å². The number of carbonyl (C=O) groups is 1. The maximum absolute atomic E-state index is 13.6. The lowest BCUT2D eigenvalue weighted by molar-refractivity contribution is -0.117. The SMILES string of the molecule is O=C1CC(c2noc(-c3n[nH]c4ccccc34)n2)CN1c1cc(F)ccc1Cl. The smallest absolute Gasteiger partial charge is 0.279 e. The topological polar surface area (TPSA) is 87.9 Å². The number of aromatic amines is 1. The summed E-state index contributed by atoms with van der Waals surface area (Å²) in [5, 5.41) is 12.4. The Kier molecular flexibility index (Phi) is 3.87. The van der Waals surface area contributed by atoms with Crippen LogP contribution in [-0.4, -0.2) is 32.8 Å². The van der Waals surface area contributed by atoms with Gasteiger partial charge in [0, 0.05) is 24.3 Å². The summed E-state index contributed by atoms with van der Waals surface area (Å²) in [6, 6.07) is 11.5. The molecule has 1 N–H and O–H groups in total. The molecule has 1 aliphatic rings. The summed E-state index contributed by atoms with van der Waals surface area (Å²) in [7, 11) is 0. The monoisotopic (exact) mass is 397 g/mol. The van der Waals surface area contributed by atoms with Crippen molar-refractivity contribution in [1.29, 1.82) is 0 Å². The highest BCUT2D eigenvalue weighted by molar-refractivity contribution is 6.33. The molecule has 2 aromatic carbocycles. The second kappa shape index (κ2) is 6.42. The highest BCUT2D eigenvalue weighted by Crippen LogP contribution is 2.35. The van der Waals surface area contributed by atoms with E-state index in [1.807, 2.05) is 24.3 Å². The van der Waals surface area contributed by atoms with Crippen LogP contribution in [0.2, 0.25) is 5.02 Å². The largest absolute Gasteiger partial charge is 0.332 e. The molecule has 0 saturated carbocycles. The van der Waals surface area contributed by atoms with E-state index in [9.17, 15) is 9.18 Å². The Morgan fingerprint density at radius 3 is 3.00 bits per heavy atom. The van der Waals surface area contributed by atoms with Crippen LogP contribution in [0.1, 0.15) is 18.2 Å². The normalized spacial score (nSPS) is 17.0. The number of fused-ring (bicyclic) bond motifs is 1. The summed E-state index contributed by atoms with van der Waals surface area (Å²) in [4.78, 5) is 18.4. The zero-order valence-electron chi connectivity index (χ0n) is 14.4. The van der Waals surface area contributed by atoms with Crippen molar-refractivity contribution in [2.45, 2.75) is 12.3 Å². The van der Waals surface area contributed by atoms with Crippen LogP contribution in [0.15, 0.2) is 47.0 Å². The first-order valence-corrected chi connectivity index (χ1v) is 9.00. The number of aromatic nitrogens is 4. The van der Waals surface area contributed by atoms with Crippen molar-refractivity contribution in [3.63, 3.8) is 0 Å². The highest BCUT2D eigenvalue weighted by atomic mass is 35.5. The number of hydrogen-bond donors (Lipinski definition) is 1. The van der Waals surface area contributed by atoms with E-state index >= 15 is 0 Å². The van der Waals surface area contributed by atoms with E-state index in [1.165, 1.54) is 23.1 Å². The number of hydrogen-bond acceptors (Lipinski definition) is 5. The average Bonchev–Trinajstić information content (AvgIpc) is 3.41. The van der Waals surface area contributed by atoms with Gasteiger partial charge in [-0.25, -0.2) is 4.39 Å². The molecule has 140 valence electrons. The summed E-state index contributed by atoms with van der Waals surface area (Å²) in [6.45, 7) is 0.294. The van der Waals surface area contributed by atoms with Crippen LogP contribution in [0.3, 0.4) is 0 Å². The zero-order valence-corrected chi connectivity index (χ0v) is 15.2. The first-order chi connectivity index (χ1) is 13.6. The van der Waals surface area contributed by atoms with Gasteiger partial charge in [-0.1, -0.05) is 35.0 Å². The van der Waals surface area contributed by atoms with Gasteiger partial charge in [-0.05, 0) is 24.3 Å². The summed E-state index contributed by atoms with van der Waals surface area (Å²) in [5.74, 6) is -0.223. The minimum atomic E-state index is -0.456. The van der Waals surface area contributed by atoms with E-state index in [-0.39, 0.29) is 24.1 Å². The molecule has 28 heavy (non-hydrogen) atoms. The lowest BCUT2D eigenvalue weighted by Crippen LogP contribution is -2.24. The fourth-order valence-electron chi connectivity index (χ4n) is 3.43. The fourth-order valence-corrected chi connectivity index (χ4v) is 3.65. The minimum Gasteiger partial charge on any atom is -0.332 e. The standard InChI is InChI=1S/C19H13ClFN5O2/c20-13-6-5-11(21)8-15(13)26-9-10(7-16(26)27)18-22-19(28-25-18)17-12-3-1-2-4-14(12)23-24-17/h1-6,8,10H,7,9H2,(H,23,24). The molecule has 5 rings (SSSR count). The van der Waals surface area contributed by atoms with Gasteiger partial charge < -0.3 is 9.42 Å². The van der Waals surface area contributed by atoms with E-state index < -0.39 is 5.82 Å². The Labute approximate surface area is 163 Å². The maximum atomic E-state index is 13.6. The predicted molar refractivity (Wildman–Crippen MR) is 101 cm³/mol. The molecule has 7 nitrogen and oxygen atoms in total. The average molecular weight is 398 g/mol. The van der Waals surface area contributed by atoms with Gasteiger partial charge in [0.05, 0.1) is 16.2 Å². The fraction of sp³-hybridized carbons (Fsp3) is 0.158. The van der Waals surface area contributed by atoms with E-state index in [2.05, 4.69) is 20.3 Å². The number of benzene rings is 2. The number of nitrogens with one attached hydrogen (secondary N) is 1. The second-order valence-electron chi connectivity index (χ2n) is 6.58. The molecule has 3 heterocycles. The third kappa shape index (κ3) is 2.73. The first-order valence-electron chi connectivity index (χ1n) is 8.62. The van der Waals surface area contributed by atoms with Gasteiger partial charge >= 0.3 is 0 Å². The molecule has 0 aliphatic carbocycles. The molecule has 1 unspecified atom stereocenters. The Morgan fingerprint density at radius 2 is 2.11 bits per heavy atom. The second-order valence-corrected chi connectivity index (χ2v) is 6.98. The third-order valence-corrected chi connectivity index (χ3v) is 5.12. The van der Waals surface area contributed by atoms with Crippen molar-refractivity contribution in [3.05, 3.63) is 59.1 Å². The molecule has 0 radical (unpaired) electrons. The molecule has 2 aromatic heterocycles. The molecule has 0 spiro atoms. The molecule has 9 heteroatoms. The van der Waals surface area contributed by atoms with Crippen LogP contribution >= 0.6 is 11.6 Å². The summed E-state index contributed by atoms with van der Waals surface area (Å²) >= 11 is 6.14. The molecule has 0 bridgehead atoms. The van der Waals surface area contributed by atoms with Crippen molar-refractivity contribution in [1.82, 2.24) is 20.3 Å². The van der Waals surface area contributed by atoms with Crippen LogP contribution in [0.25, 0.3) is 22.5 Å². The van der Waals surface area contributed by atoms with Crippen molar-refractivity contribution in [2.24, 2.45) is 0 Å². The first kappa shape index (κ1) is 16.9. The molecule has 1 fully saturated rings. The quantitative estimate of drug-likeness (QED) is 0.566. The Morgan fingerprint density at radius 1 is 1.25 bits per heavy atom. The predicted octanol–water partition coefficient (Wildman–Crippen LogP) is 3.93. The number of amides is 1. The van der Waals surface area contributed by atoms with Gasteiger partial charge in [0.2, 0.25) is 5.91 Å². The van der Waals surface area contributed by atoms with E-state index in [1.54, 1.807) is 0 Å². The van der Waals surface area contributed by atoms with Crippen molar-refractivity contribution in [3.8, 4) is 11.6 Å². The van der Waals surface area contributed by atoms with Gasteiger partial charge in [0.25, 0.3) is 5.89 Å². The van der Waals surface area contributed by atoms with Crippen molar-refractivity contribution >= 4 is 34.1 Å². The van der Waals surface area contributed by atoms with E-state index in [4.69, 9.17) is 16.1 Å². The van der Waals surface area contributed by atoms with Crippen LogP contribution in [0.4, 0.5) is 10.1 Å². The van der Waals surface area contributed by atoms with Crippen LogP contribution < -0.4 is 4.90 Å². The molecular weight excluding hydrogens is 385 g/mol. The highest BCUT2D eigenvalue weighted by Gasteiger charge is 2.36. The molecule has 1 saturated heterocycles. The minimum absolute atomic E-state index is 0.172. The van der Waals surface area contributed by atoms with E-state index in [0.717, 1.165) is 10.9 Å². The van der Waals surface area contributed by atoms with E-state index in [0.29, 0.717) is 28.8 Å². The summed E-state index contributed by atoms with van der Waals surface area (Å²) < 4.78 is 19.0. The van der Waals surface area contributed by atoms with Crippen LogP contribution in [-0.2, 0) is 4.79 Å². The third-order valence-electron chi connectivity index (χ3n) is 4.80. The maximum Gasteiger partial charge on any atom is 0.279 e. The lowest BCUT2D eigenvalue weighted by atomic mass is 10.1. The van der Waals surface area contributed by atoms with Gasteiger partial charge in [0.1, 0.15) is 5.82 Å². The van der Waals surface area contributed by atoms with Gasteiger partial charge in [-0.3, -0.25) is 9.89 Å². The van der Waals surface area contributed by atoms with Gasteiger partial charge in [-0.2, -0.15) is 10.1 Å². The summed E-state index contributed by atoms with van der Waals surface area (Å²) in [6.07, 6.45) is 0.188. The lowest BCUT2D eigenvalue weighted by Gasteiger charge is -2.17. The number of rotatable bonds is 3. The van der Waals surface area contributed by atoms with Crippen LogP contribution in [0, 0.1) is 5.82 Å². The summed E-state index contributed by atoms with van der Waals surface area (Å²) in [5.41, 5.74) is 1.76. The molecule has 4 aromatic rings. The Balaban J connectivity index is 1.44. The molecule has 1 amide bonds. The zero-order chi connectivity index (χ0) is 19.3. The number of carbonyl (C=O) groups excluding carboxylic acids is 1. The van der Waals surface area contributed by atoms with Crippen LogP contribution in [0.5, 0.6) is 0 Å². The number of para-hydroxylation sites is 1. The number of anilines is 1. The molecule has 1 aliphatic heterocycles. The Bertz CT molecular complexity index is 1200. The number of halogens is 2. The van der Waals surface area contributed by atoms with Gasteiger partial charge in [0.15, 0.2) is 11.5 Å². The number of H-pyrrole nitrogens is 1. The van der Waals surface area contributed by atoms with Gasteiger partial charge in [-0.15, -0.1) is 0 Å². The molecular formula is C19H13ClFN5O2. The van der Waals surface area contributed by atoms with Crippen molar-refractivity contribution < 1.29 is 13.7 Å².